The molecule has 2 fully saturated rings. The Labute approximate surface area is 92.0 Å². The fourth-order valence-corrected chi connectivity index (χ4v) is 3.47. The number of rotatable bonds is 2. The molecular formula is C12H23NO2. The lowest BCUT2D eigenvalue weighted by Gasteiger charge is -2.47. The van der Waals surface area contributed by atoms with E-state index in [0.717, 1.165) is 19.3 Å². The van der Waals surface area contributed by atoms with E-state index >= 15 is 0 Å². The van der Waals surface area contributed by atoms with Crippen LogP contribution in [0.1, 0.15) is 44.9 Å². The minimum Gasteiger partial charge on any atom is -0.394 e. The van der Waals surface area contributed by atoms with E-state index in [2.05, 4.69) is 0 Å². The Kier molecular flexibility index (Phi) is 3.06. The summed E-state index contributed by atoms with van der Waals surface area (Å²) in [6.07, 6.45) is 8.38. The molecule has 2 aliphatic carbocycles. The van der Waals surface area contributed by atoms with Gasteiger partial charge in [-0.05, 0) is 37.5 Å². The van der Waals surface area contributed by atoms with E-state index in [-0.39, 0.29) is 12.7 Å². The highest BCUT2D eigenvalue weighted by atomic mass is 16.5. The number of aliphatic hydroxyl groups excluding tert-OH is 1. The van der Waals surface area contributed by atoms with E-state index in [1.807, 2.05) is 0 Å². The predicted octanol–water partition coefficient (Wildman–Crippen LogP) is 1.44. The van der Waals surface area contributed by atoms with Crippen LogP contribution >= 0.6 is 0 Å². The zero-order chi connectivity index (χ0) is 10.9. The highest BCUT2D eigenvalue weighted by molar-refractivity contribution is 5.03. The third-order valence-corrected chi connectivity index (χ3v) is 4.59. The Morgan fingerprint density at radius 2 is 1.93 bits per heavy atom. The van der Waals surface area contributed by atoms with Gasteiger partial charge in [-0.1, -0.05) is 12.8 Å². The van der Waals surface area contributed by atoms with Crippen molar-refractivity contribution in [2.24, 2.45) is 11.1 Å². The molecule has 3 N–H and O–H groups in total. The second-order valence-electron chi connectivity index (χ2n) is 5.52. The molecule has 0 saturated heterocycles. The van der Waals surface area contributed by atoms with Crippen molar-refractivity contribution in [3.8, 4) is 0 Å². The summed E-state index contributed by atoms with van der Waals surface area (Å²) < 4.78 is 5.64. The SMILES string of the molecule is COC1CC(N)(CO)CCC12CCCC2. The second kappa shape index (κ2) is 4.04. The smallest absolute Gasteiger partial charge is 0.0645 e. The summed E-state index contributed by atoms with van der Waals surface area (Å²) in [7, 11) is 1.79. The third kappa shape index (κ3) is 1.93. The lowest BCUT2D eigenvalue weighted by Crippen LogP contribution is -2.55. The molecule has 0 bridgehead atoms. The lowest BCUT2D eigenvalue weighted by atomic mass is 9.65. The molecule has 0 radical (unpaired) electrons. The van der Waals surface area contributed by atoms with Gasteiger partial charge in [0.25, 0.3) is 0 Å². The third-order valence-electron chi connectivity index (χ3n) is 4.59. The molecule has 88 valence electrons. The molecule has 2 aliphatic rings. The van der Waals surface area contributed by atoms with Gasteiger partial charge in [0.1, 0.15) is 0 Å². The molecule has 0 amide bonds. The van der Waals surface area contributed by atoms with Crippen LogP contribution in [0.5, 0.6) is 0 Å². The number of ether oxygens (including phenoxy) is 1. The average molecular weight is 213 g/mol. The Bertz CT molecular complexity index is 226. The van der Waals surface area contributed by atoms with Crippen molar-refractivity contribution < 1.29 is 9.84 Å². The molecule has 15 heavy (non-hydrogen) atoms. The molecule has 2 rings (SSSR count). The molecule has 2 unspecified atom stereocenters. The van der Waals surface area contributed by atoms with Gasteiger partial charge in [0.15, 0.2) is 0 Å². The first-order chi connectivity index (χ1) is 7.14. The summed E-state index contributed by atoms with van der Waals surface area (Å²) in [5.41, 5.74) is 6.13. The summed E-state index contributed by atoms with van der Waals surface area (Å²) in [4.78, 5) is 0. The molecular weight excluding hydrogens is 190 g/mol. The Hall–Kier alpha value is -0.120. The maximum atomic E-state index is 9.31. The molecule has 0 aliphatic heterocycles. The number of hydrogen-bond donors (Lipinski definition) is 2. The molecule has 3 heteroatoms. The van der Waals surface area contributed by atoms with Gasteiger partial charge >= 0.3 is 0 Å². The molecule has 0 aromatic carbocycles. The predicted molar refractivity (Wildman–Crippen MR) is 59.6 cm³/mol. The van der Waals surface area contributed by atoms with Crippen molar-refractivity contribution in [3.05, 3.63) is 0 Å². The summed E-state index contributed by atoms with van der Waals surface area (Å²) in [5.74, 6) is 0. The fraction of sp³-hybridized carbons (Fsp3) is 1.00. The van der Waals surface area contributed by atoms with Crippen LogP contribution in [-0.2, 0) is 4.74 Å². The van der Waals surface area contributed by atoms with Gasteiger partial charge in [0.05, 0.1) is 12.7 Å². The lowest BCUT2D eigenvalue weighted by molar-refractivity contribution is -0.0704. The van der Waals surface area contributed by atoms with Crippen molar-refractivity contribution >= 4 is 0 Å². The minimum atomic E-state index is -0.394. The standard InChI is InChI=1S/C12H23NO2/c1-15-10-8-12(13,9-14)7-6-11(10)4-2-3-5-11/h10,14H,2-9,13H2,1H3. The van der Waals surface area contributed by atoms with Crippen molar-refractivity contribution in [1.29, 1.82) is 0 Å². The highest BCUT2D eigenvalue weighted by Crippen LogP contribution is 2.51. The zero-order valence-corrected chi connectivity index (χ0v) is 9.67. The van der Waals surface area contributed by atoms with Crippen LogP contribution in [0.4, 0.5) is 0 Å². The van der Waals surface area contributed by atoms with E-state index in [0.29, 0.717) is 5.41 Å². The quantitative estimate of drug-likeness (QED) is 0.729. The van der Waals surface area contributed by atoms with E-state index in [1.54, 1.807) is 7.11 Å². The monoisotopic (exact) mass is 213 g/mol. The van der Waals surface area contributed by atoms with Gasteiger partial charge in [0.2, 0.25) is 0 Å². The maximum Gasteiger partial charge on any atom is 0.0645 e. The Morgan fingerprint density at radius 3 is 2.47 bits per heavy atom. The Balaban J connectivity index is 2.11. The van der Waals surface area contributed by atoms with Gasteiger partial charge in [-0.15, -0.1) is 0 Å². The van der Waals surface area contributed by atoms with Gasteiger partial charge in [-0.3, -0.25) is 0 Å². The maximum absolute atomic E-state index is 9.31. The molecule has 3 nitrogen and oxygen atoms in total. The topological polar surface area (TPSA) is 55.5 Å². The van der Waals surface area contributed by atoms with Crippen LogP contribution in [-0.4, -0.2) is 30.5 Å². The van der Waals surface area contributed by atoms with Crippen molar-refractivity contribution in [2.75, 3.05) is 13.7 Å². The van der Waals surface area contributed by atoms with Crippen LogP contribution in [0.15, 0.2) is 0 Å². The van der Waals surface area contributed by atoms with Crippen LogP contribution in [0, 0.1) is 5.41 Å². The van der Waals surface area contributed by atoms with E-state index in [9.17, 15) is 5.11 Å². The fourth-order valence-electron chi connectivity index (χ4n) is 3.47. The summed E-state index contributed by atoms with van der Waals surface area (Å²) in [5, 5.41) is 9.31. The largest absolute Gasteiger partial charge is 0.394 e. The first-order valence-electron chi connectivity index (χ1n) is 6.07. The molecule has 2 atom stereocenters. The van der Waals surface area contributed by atoms with Crippen molar-refractivity contribution in [2.45, 2.75) is 56.6 Å². The average Bonchev–Trinajstić information content (AvgIpc) is 2.72. The van der Waals surface area contributed by atoms with Crippen LogP contribution in [0.2, 0.25) is 0 Å². The van der Waals surface area contributed by atoms with Crippen molar-refractivity contribution in [1.82, 2.24) is 0 Å². The van der Waals surface area contributed by atoms with Crippen LogP contribution in [0.3, 0.4) is 0 Å². The molecule has 0 heterocycles. The van der Waals surface area contributed by atoms with E-state index < -0.39 is 5.54 Å². The number of nitrogens with two attached hydrogens (primary N) is 1. The van der Waals surface area contributed by atoms with Crippen molar-refractivity contribution in [3.63, 3.8) is 0 Å². The summed E-state index contributed by atoms with van der Waals surface area (Å²) in [6, 6.07) is 0. The van der Waals surface area contributed by atoms with Gasteiger partial charge in [0, 0.05) is 12.6 Å². The zero-order valence-electron chi connectivity index (χ0n) is 9.67. The minimum absolute atomic E-state index is 0.0862. The van der Waals surface area contributed by atoms with Crippen LogP contribution < -0.4 is 5.73 Å². The Morgan fingerprint density at radius 1 is 1.27 bits per heavy atom. The number of methoxy groups -OCH3 is 1. The normalized spacial score (nSPS) is 39.8. The molecule has 2 saturated carbocycles. The first kappa shape index (κ1) is 11.4. The van der Waals surface area contributed by atoms with E-state index in [4.69, 9.17) is 10.5 Å². The van der Waals surface area contributed by atoms with Crippen LogP contribution in [0.25, 0.3) is 0 Å². The van der Waals surface area contributed by atoms with Gasteiger partial charge < -0.3 is 15.6 Å². The van der Waals surface area contributed by atoms with Gasteiger partial charge in [-0.25, -0.2) is 0 Å². The molecule has 1 spiro atoms. The number of hydrogen-bond acceptors (Lipinski definition) is 3. The summed E-state index contributed by atoms with van der Waals surface area (Å²) in [6.45, 7) is 0.0862. The second-order valence-corrected chi connectivity index (χ2v) is 5.52. The highest BCUT2D eigenvalue weighted by Gasteiger charge is 2.49. The molecule has 0 aromatic heterocycles. The summed E-state index contributed by atoms with van der Waals surface area (Å²) >= 11 is 0. The first-order valence-corrected chi connectivity index (χ1v) is 6.07. The van der Waals surface area contributed by atoms with Gasteiger partial charge in [-0.2, -0.15) is 0 Å². The molecule has 0 aromatic rings. The number of aliphatic hydroxyl groups is 1. The van der Waals surface area contributed by atoms with E-state index in [1.165, 1.54) is 25.7 Å².